The van der Waals surface area contributed by atoms with E-state index in [0.29, 0.717) is 12.8 Å². The number of phosphoric ester groups is 1. The molecular weight excluding hydrogens is 990 g/mol. The molecule has 10 heteroatoms. The zero-order valence-corrected chi connectivity index (χ0v) is 50.0. The number of hydrogen-bond donors (Lipinski definition) is 2. The fourth-order valence-corrected chi connectivity index (χ4v) is 8.43. The van der Waals surface area contributed by atoms with Gasteiger partial charge in [-0.05, 0) is 128 Å². The number of hydrogen-bond acceptors (Lipinski definition) is 8. The summed E-state index contributed by atoms with van der Waals surface area (Å²) in [5.74, 6) is -0.877. The van der Waals surface area contributed by atoms with Crippen molar-refractivity contribution in [3.63, 3.8) is 0 Å². The summed E-state index contributed by atoms with van der Waals surface area (Å²) >= 11 is 0. The van der Waals surface area contributed by atoms with Crippen LogP contribution in [-0.2, 0) is 32.7 Å². The highest BCUT2D eigenvalue weighted by Crippen LogP contribution is 2.43. The second-order valence-corrected chi connectivity index (χ2v) is 20.9. The van der Waals surface area contributed by atoms with Gasteiger partial charge in [0.2, 0.25) is 0 Å². The summed E-state index contributed by atoms with van der Waals surface area (Å²) in [5.41, 5.74) is 5.37. The Morgan fingerprint density at radius 2 is 0.705 bits per heavy atom. The summed E-state index contributed by atoms with van der Waals surface area (Å²) in [4.78, 5) is 35.1. The van der Waals surface area contributed by atoms with Crippen molar-refractivity contribution >= 4 is 19.8 Å². The highest BCUT2D eigenvalue weighted by molar-refractivity contribution is 7.47. The van der Waals surface area contributed by atoms with Crippen LogP contribution in [0.4, 0.5) is 0 Å². The quantitative estimate of drug-likeness (QED) is 0.0264. The third-order valence-corrected chi connectivity index (χ3v) is 13.1. The van der Waals surface area contributed by atoms with Crippen molar-refractivity contribution in [3.05, 3.63) is 158 Å². The average molecular weight is 1100 g/mol. The largest absolute Gasteiger partial charge is 0.472 e. The van der Waals surface area contributed by atoms with Crippen LogP contribution in [0.5, 0.6) is 0 Å². The van der Waals surface area contributed by atoms with Gasteiger partial charge in [0.15, 0.2) is 6.10 Å². The second-order valence-electron chi connectivity index (χ2n) is 19.5. The van der Waals surface area contributed by atoms with Crippen LogP contribution in [0.15, 0.2) is 158 Å². The molecule has 0 rings (SSSR count). The van der Waals surface area contributed by atoms with Crippen molar-refractivity contribution < 1.29 is 37.6 Å². The van der Waals surface area contributed by atoms with Crippen LogP contribution in [0.2, 0.25) is 0 Å². The number of esters is 2. The number of carbonyl (C=O) groups is 2. The van der Waals surface area contributed by atoms with Gasteiger partial charge < -0.3 is 20.1 Å². The summed E-state index contributed by atoms with van der Waals surface area (Å²) < 4.78 is 33.0. The van der Waals surface area contributed by atoms with Gasteiger partial charge in [0, 0.05) is 19.4 Å². The Kier molecular flexibility index (Phi) is 58.4. The van der Waals surface area contributed by atoms with Gasteiger partial charge in [-0.1, -0.05) is 242 Å². The highest BCUT2D eigenvalue weighted by Gasteiger charge is 2.26. The molecule has 0 aromatic heterocycles. The summed E-state index contributed by atoms with van der Waals surface area (Å²) in [6, 6.07) is 0. The Balaban J connectivity index is 4.06. The lowest BCUT2D eigenvalue weighted by atomic mass is 10.1. The molecule has 0 radical (unpaired) electrons. The minimum absolute atomic E-state index is 0.0401. The first kappa shape index (κ1) is 73.6. The third kappa shape index (κ3) is 60.9. The van der Waals surface area contributed by atoms with Crippen LogP contribution in [0.1, 0.15) is 226 Å². The van der Waals surface area contributed by atoms with Gasteiger partial charge in [0.1, 0.15) is 6.61 Å². The Morgan fingerprint density at radius 3 is 1.06 bits per heavy atom. The fraction of sp³-hybridized carbons (Fsp3) is 0.588. The number of allylic oxidation sites excluding steroid dienone is 26. The molecule has 0 amide bonds. The average Bonchev–Trinajstić information content (AvgIpc) is 3.43. The van der Waals surface area contributed by atoms with Crippen LogP contribution in [0, 0.1) is 0 Å². The molecule has 3 N–H and O–H groups in total. The Labute approximate surface area is 477 Å². The van der Waals surface area contributed by atoms with Crippen LogP contribution in [-0.4, -0.2) is 49.3 Å². The van der Waals surface area contributed by atoms with Gasteiger partial charge in [-0.15, -0.1) is 0 Å². The lowest BCUT2D eigenvalue weighted by Gasteiger charge is -2.19. The molecule has 0 spiro atoms. The molecule has 0 saturated heterocycles. The van der Waals surface area contributed by atoms with Crippen molar-refractivity contribution in [3.8, 4) is 0 Å². The lowest BCUT2D eigenvalue weighted by Crippen LogP contribution is -2.29. The molecule has 0 aromatic rings. The minimum Gasteiger partial charge on any atom is -0.462 e. The molecule has 0 bridgehead atoms. The Hall–Kier alpha value is -4.37. The van der Waals surface area contributed by atoms with Crippen LogP contribution >= 0.6 is 7.82 Å². The molecule has 2 atom stereocenters. The first-order chi connectivity index (χ1) is 38.3. The molecule has 0 aromatic carbocycles. The highest BCUT2D eigenvalue weighted by atomic mass is 31.2. The zero-order valence-electron chi connectivity index (χ0n) is 49.1. The van der Waals surface area contributed by atoms with Crippen molar-refractivity contribution in [2.24, 2.45) is 5.73 Å². The maximum atomic E-state index is 12.7. The van der Waals surface area contributed by atoms with E-state index in [1.165, 1.54) is 51.4 Å². The second kappa shape index (κ2) is 61.8. The van der Waals surface area contributed by atoms with E-state index in [4.69, 9.17) is 24.3 Å². The summed E-state index contributed by atoms with van der Waals surface area (Å²) in [6.45, 7) is 3.57. The molecule has 440 valence electrons. The van der Waals surface area contributed by atoms with Crippen molar-refractivity contribution in [1.82, 2.24) is 0 Å². The van der Waals surface area contributed by atoms with Crippen LogP contribution < -0.4 is 5.73 Å². The van der Waals surface area contributed by atoms with Crippen molar-refractivity contribution in [2.45, 2.75) is 232 Å². The topological polar surface area (TPSA) is 134 Å². The number of phosphoric acid groups is 1. The molecular formula is C68H110NO8P. The predicted octanol–water partition coefficient (Wildman–Crippen LogP) is 19.7. The molecule has 0 heterocycles. The summed E-state index contributed by atoms with van der Waals surface area (Å²) in [5, 5.41) is 0. The SMILES string of the molecule is CC/C=C\C/C=C\C/C=C\C/C=C\C/C=C\C/C=C\C/C=C\C/C=C\C/C=C\C/C=C\C/C=C\C/C=C\CCCCCCC(=O)OC(COC(=O)CCCCCCC/C=C\CCCCCCCCC)COP(=O)(O)OCCN. The molecule has 0 aliphatic rings. The molecule has 2 unspecified atom stereocenters. The normalized spacial score (nSPS) is 14.2. The fourth-order valence-electron chi connectivity index (χ4n) is 7.67. The van der Waals surface area contributed by atoms with E-state index in [-0.39, 0.29) is 32.6 Å². The van der Waals surface area contributed by atoms with E-state index in [2.05, 4.69) is 172 Å². The number of rotatable bonds is 55. The Morgan fingerprint density at radius 1 is 0.397 bits per heavy atom. The third-order valence-electron chi connectivity index (χ3n) is 12.1. The van der Waals surface area contributed by atoms with Gasteiger partial charge >= 0.3 is 19.8 Å². The maximum absolute atomic E-state index is 12.7. The smallest absolute Gasteiger partial charge is 0.462 e. The minimum atomic E-state index is -4.41. The number of ether oxygens (including phenoxy) is 2. The van der Waals surface area contributed by atoms with Gasteiger partial charge in [0.25, 0.3) is 0 Å². The van der Waals surface area contributed by atoms with Crippen molar-refractivity contribution in [2.75, 3.05) is 26.4 Å². The van der Waals surface area contributed by atoms with E-state index in [9.17, 15) is 19.0 Å². The van der Waals surface area contributed by atoms with E-state index in [1.54, 1.807) is 0 Å². The molecule has 9 nitrogen and oxygen atoms in total. The molecule has 0 aliphatic heterocycles. The van der Waals surface area contributed by atoms with Gasteiger partial charge in [-0.2, -0.15) is 0 Å². The Bertz CT molecular complexity index is 1830. The maximum Gasteiger partial charge on any atom is 0.472 e. The molecule has 0 aliphatic carbocycles. The molecule has 78 heavy (non-hydrogen) atoms. The van der Waals surface area contributed by atoms with Crippen LogP contribution in [0.3, 0.4) is 0 Å². The first-order valence-electron chi connectivity index (χ1n) is 30.5. The summed E-state index contributed by atoms with van der Waals surface area (Å²) in [6.07, 6.45) is 90.2. The van der Waals surface area contributed by atoms with Gasteiger partial charge in [-0.25, -0.2) is 4.57 Å². The van der Waals surface area contributed by atoms with E-state index in [1.807, 2.05) is 0 Å². The number of unbranched alkanes of at least 4 members (excludes halogenated alkanes) is 16. The first-order valence-corrected chi connectivity index (χ1v) is 32.0. The standard InChI is InChI=1S/C68H110NO8P/c1-3-5-7-9-11-13-15-17-19-21-22-23-24-25-26-27-28-29-30-31-32-33-34-35-36-37-38-39-40-41-42-43-44-45-47-49-51-53-55-57-59-61-68(71)77-66(65-76-78(72,73)75-63-62-69)64-74-67(70)60-58-56-54-52-50-48-46-20-18-16-14-12-10-8-6-4-2/h5,7,11,13,17,19-20,22-23,25-26,28-29,31-32,34-35,37-38,40-41,43-44,46-47,49,66H,3-4,6,8-10,12,14-16,18,21,24,27,30,33,36,39,42,45,48,50-65,69H2,1-2H3,(H,72,73)/b7-5-,13-11-,19-17-,23-22-,26-25-,29-28-,32-31-,35-34-,38-37-,41-40-,44-43-,46-20-,49-47-. The van der Waals surface area contributed by atoms with E-state index >= 15 is 0 Å². The number of nitrogens with two attached hydrogens (primary N) is 1. The van der Waals surface area contributed by atoms with Gasteiger partial charge in [-0.3, -0.25) is 18.6 Å². The van der Waals surface area contributed by atoms with Gasteiger partial charge in [0.05, 0.1) is 13.2 Å². The van der Waals surface area contributed by atoms with E-state index < -0.39 is 32.5 Å². The number of carbonyl (C=O) groups excluding carboxylic acids is 2. The molecule has 0 saturated carbocycles. The molecule has 0 fully saturated rings. The monoisotopic (exact) mass is 1100 g/mol. The lowest BCUT2D eigenvalue weighted by molar-refractivity contribution is -0.161. The predicted molar refractivity (Wildman–Crippen MR) is 334 cm³/mol. The summed E-state index contributed by atoms with van der Waals surface area (Å²) in [7, 11) is -4.41. The van der Waals surface area contributed by atoms with Crippen molar-refractivity contribution in [1.29, 1.82) is 0 Å². The zero-order chi connectivity index (χ0) is 56.6. The van der Waals surface area contributed by atoms with Crippen LogP contribution in [0.25, 0.3) is 0 Å². The van der Waals surface area contributed by atoms with E-state index in [0.717, 1.165) is 135 Å².